The van der Waals surface area contributed by atoms with Gasteiger partial charge < -0.3 is 53.7 Å². The third kappa shape index (κ3) is 15.1. The summed E-state index contributed by atoms with van der Waals surface area (Å²) in [6, 6.07) is 4.42. The second-order valence-electron chi connectivity index (χ2n) is 24.6. The molecule has 0 unspecified atom stereocenters. The number of hydrogen-bond acceptors (Lipinski definition) is 19. The number of esters is 1. The number of amides is 1. The van der Waals surface area contributed by atoms with Crippen LogP contribution < -0.4 is 5.73 Å². The average molecular weight is 1190 g/mol. The normalized spacial score (nSPS) is 33.6. The van der Waals surface area contributed by atoms with Crippen LogP contribution in [0, 0.1) is 42.4 Å². The van der Waals surface area contributed by atoms with E-state index in [0.717, 1.165) is 11.1 Å². The Morgan fingerprint density at radius 3 is 2.40 bits per heavy atom. The summed E-state index contributed by atoms with van der Waals surface area (Å²) in [5.41, 5.74) is 10.8. The highest BCUT2D eigenvalue weighted by molar-refractivity contribution is 6.39. The summed E-state index contributed by atoms with van der Waals surface area (Å²) in [5, 5.41) is 29.2. The predicted molar refractivity (Wildman–Crippen MR) is 321 cm³/mol. The molecule has 1 aromatic carbocycles. The zero-order chi connectivity index (χ0) is 62.1. The van der Waals surface area contributed by atoms with Gasteiger partial charge in [0.05, 0.1) is 29.8 Å². The molecule has 4 aliphatic rings. The first kappa shape index (κ1) is 65.6. The highest BCUT2D eigenvalue weighted by Crippen LogP contribution is 2.39. The summed E-state index contributed by atoms with van der Waals surface area (Å²) >= 11 is 0. The molecule has 8 rings (SSSR count). The molecule has 2 saturated heterocycles. The number of piperidine rings is 1. The number of Topliss-reactive ketones (excluding diaryl/α,β-unsaturated/α-hetero) is 3. The fraction of sp³-hybridized carbons (Fsp3) is 0.615. The Bertz CT molecular complexity index is 3190. The molecule has 21 nitrogen and oxygen atoms in total. The third-order valence-electron chi connectivity index (χ3n) is 18.2. The van der Waals surface area contributed by atoms with Crippen LogP contribution in [-0.4, -0.2) is 152 Å². The number of allylic oxidation sites excluding steroid dienone is 6. The number of fused-ring (bicyclic) bond motifs is 5. The molecule has 1 amide bonds. The van der Waals surface area contributed by atoms with Crippen molar-refractivity contribution in [3.05, 3.63) is 78.0 Å². The lowest BCUT2D eigenvalue weighted by Crippen LogP contribution is -2.61. The van der Waals surface area contributed by atoms with Gasteiger partial charge in [-0.1, -0.05) is 71.1 Å². The molecule has 3 fully saturated rings. The van der Waals surface area contributed by atoms with Crippen molar-refractivity contribution in [2.24, 2.45) is 35.5 Å². The molecule has 15 atom stereocenters. The third-order valence-corrected chi connectivity index (χ3v) is 18.2. The number of methoxy groups -OCH3 is 3. The topological polar surface area (TPSA) is 280 Å². The van der Waals surface area contributed by atoms with Gasteiger partial charge in [0, 0.05) is 71.0 Å². The summed E-state index contributed by atoms with van der Waals surface area (Å²) < 4.78 is 44.2. The molecule has 86 heavy (non-hydrogen) atoms. The van der Waals surface area contributed by atoms with E-state index in [1.807, 2.05) is 76.3 Å². The first-order valence-electron chi connectivity index (χ1n) is 30.5. The molecule has 468 valence electrons. The molecule has 3 aliphatic heterocycles. The Kier molecular flexibility index (Phi) is 22.2. The standard InChI is InChI=1S/C65H89N7O14/c1-36-17-13-12-14-18-37(2)52(80-9)32-46-23-20-42(7)65(79,86-46)60(76)63(77)71-26-16-15-19-48(71)64(78)85-53(33-49(73)38(3)28-41(6)58(75)59(82-11)57(74)40(5)27-36)39(4)29-44-21-24-51(54(30-44)81-10)83-35-72-62-55(61(66)67-34-68-62)56(70-72)45-22-25-50-47(31-45)69-43(8)84-50/h12-14,17-18,22,25,28,31,34,36,38-40,42,44,46,48,51-54,58-59,75,79H,15-16,19-21,23-24,26-27,29-30,32-33,35H2,1-11H3,(H2,66,67,68)/b14-12+,17-13+,37-18+,41-28+/t36-,38-,39-,40-,42-,44+,46+,48+,51-,52+,53+,54-,58-,59+,65-/m1/s1. The largest absolute Gasteiger partial charge is 0.460 e. The number of carbonyl (C=O) groups is 5. The summed E-state index contributed by atoms with van der Waals surface area (Å²) in [5.74, 6) is -7.54. The molecule has 4 N–H and O–H groups in total. The van der Waals surface area contributed by atoms with Crippen molar-refractivity contribution in [3.8, 4) is 11.3 Å². The lowest BCUT2D eigenvalue weighted by atomic mass is 9.78. The van der Waals surface area contributed by atoms with E-state index in [1.165, 1.54) is 18.3 Å². The van der Waals surface area contributed by atoms with Gasteiger partial charge in [-0.3, -0.25) is 19.2 Å². The fourth-order valence-electron chi connectivity index (χ4n) is 13.0. The molecular formula is C65H89N7O14. The van der Waals surface area contributed by atoms with Crippen LogP contribution in [0.4, 0.5) is 5.82 Å². The van der Waals surface area contributed by atoms with Crippen molar-refractivity contribution in [2.45, 2.75) is 194 Å². The van der Waals surface area contributed by atoms with Gasteiger partial charge in [0.1, 0.15) is 60.2 Å². The maximum Gasteiger partial charge on any atom is 0.329 e. The number of aryl methyl sites for hydroxylation is 1. The van der Waals surface area contributed by atoms with E-state index in [-0.39, 0.29) is 67.5 Å². The summed E-state index contributed by atoms with van der Waals surface area (Å²) in [6.45, 7) is 14.6. The van der Waals surface area contributed by atoms with Gasteiger partial charge in [-0.25, -0.2) is 24.4 Å². The summed E-state index contributed by atoms with van der Waals surface area (Å²) in [7, 11) is 4.60. The van der Waals surface area contributed by atoms with Crippen LogP contribution in [0.25, 0.3) is 33.4 Å². The second-order valence-corrected chi connectivity index (χ2v) is 24.6. The monoisotopic (exact) mass is 1190 g/mol. The van der Waals surface area contributed by atoms with E-state index >= 15 is 0 Å². The Morgan fingerprint density at radius 1 is 0.872 bits per heavy atom. The number of hydrogen-bond donors (Lipinski definition) is 3. The number of aliphatic hydroxyl groups excluding tert-OH is 1. The maximum atomic E-state index is 14.8. The maximum absolute atomic E-state index is 14.8. The Labute approximate surface area is 504 Å². The minimum Gasteiger partial charge on any atom is -0.460 e. The number of ketones is 3. The summed E-state index contributed by atoms with van der Waals surface area (Å²) in [6.07, 6.45) is 12.4. The molecular weight excluding hydrogens is 1100 g/mol. The summed E-state index contributed by atoms with van der Waals surface area (Å²) in [4.78, 5) is 86.7. The number of carbonyl (C=O) groups excluding carboxylic acids is 5. The van der Waals surface area contributed by atoms with Crippen molar-refractivity contribution in [2.75, 3.05) is 33.6 Å². The minimum atomic E-state index is -2.46. The zero-order valence-electron chi connectivity index (χ0n) is 51.8. The van der Waals surface area contributed by atoms with Crippen molar-refractivity contribution in [3.63, 3.8) is 0 Å². The van der Waals surface area contributed by atoms with Crippen molar-refractivity contribution in [1.82, 2.24) is 29.6 Å². The van der Waals surface area contributed by atoms with Crippen molar-refractivity contribution >= 4 is 57.2 Å². The lowest BCUT2D eigenvalue weighted by molar-refractivity contribution is -0.265. The Hall–Kier alpha value is -6.33. The number of oxazole rings is 1. The quantitative estimate of drug-likeness (QED) is 0.0760. The van der Waals surface area contributed by atoms with Crippen LogP contribution in [0.2, 0.25) is 0 Å². The van der Waals surface area contributed by atoms with Crippen LogP contribution in [0.1, 0.15) is 131 Å². The molecule has 0 radical (unpaired) electrons. The molecule has 4 aromatic rings. The lowest BCUT2D eigenvalue weighted by Gasteiger charge is -2.42. The van der Waals surface area contributed by atoms with Gasteiger partial charge in [0.15, 0.2) is 22.9 Å². The number of nitrogens with two attached hydrogens (primary N) is 1. The predicted octanol–water partition coefficient (Wildman–Crippen LogP) is 8.70. The van der Waals surface area contributed by atoms with Gasteiger partial charge in [-0.05, 0) is 125 Å². The first-order chi connectivity index (χ1) is 41.0. The van der Waals surface area contributed by atoms with Crippen LogP contribution >= 0.6 is 0 Å². The molecule has 1 saturated carbocycles. The number of rotatable bonds is 10. The SMILES string of the molecule is CO[C@H]1C[C@@H]2CC[C@@H](C)[C@@](O)(O2)C(=O)C(=O)N2CCCC[C@H]2C(=O)O[C@H]([C@H](C)C[C@@H]2CC[C@@H](OCn3nc(-c4ccc5oc(C)nc5c4)c4c(N)ncnc43)[C@H](OC)C2)CC(=O)[C@H](C)/C=C(\C)[C@@H](O)[C@@H](OC)C(=O)[C@H](C)C[C@H](C)/C=C/C=C/C=C/1C. The highest BCUT2D eigenvalue weighted by atomic mass is 16.6. The zero-order valence-corrected chi connectivity index (χ0v) is 51.8. The van der Waals surface area contributed by atoms with Crippen LogP contribution in [-0.2, 0) is 59.1 Å². The number of aliphatic hydroxyl groups is 2. The Morgan fingerprint density at radius 2 is 1.65 bits per heavy atom. The minimum absolute atomic E-state index is 0.00382. The van der Waals surface area contributed by atoms with E-state index in [1.54, 1.807) is 52.7 Å². The van der Waals surface area contributed by atoms with E-state index in [4.69, 9.17) is 43.7 Å². The second kappa shape index (κ2) is 29.1. The van der Waals surface area contributed by atoms with Gasteiger partial charge in [-0.15, -0.1) is 0 Å². The fourth-order valence-corrected chi connectivity index (χ4v) is 13.0. The Balaban J connectivity index is 1.02. The van der Waals surface area contributed by atoms with Gasteiger partial charge >= 0.3 is 5.97 Å². The molecule has 6 heterocycles. The number of aromatic nitrogens is 5. The van der Waals surface area contributed by atoms with Crippen molar-refractivity contribution in [1.29, 1.82) is 0 Å². The number of anilines is 1. The van der Waals surface area contributed by atoms with Gasteiger partial charge in [0.2, 0.25) is 5.79 Å². The van der Waals surface area contributed by atoms with E-state index in [0.29, 0.717) is 103 Å². The molecule has 3 aromatic heterocycles. The van der Waals surface area contributed by atoms with Crippen LogP contribution in [0.15, 0.2) is 76.5 Å². The molecule has 1 aliphatic carbocycles. The number of nitrogen functional groups attached to an aromatic ring is 1. The molecule has 0 spiro atoms. The van der Waals surface area contributed by atoms with Crippen LogP contribution in [0.3, 0.4) is 0 Å². The van der Waals surface area contributed by atoms with Crippen molar-refractivity contribution < 1.29 is 67.0 Å². The van der Waals surface area contributed by atoms with Gasteiger partial charge in [-0.2, -0.15) is 5.10 Å². The van der Waals surface area contributed by atoms with E-state index < -0.39 is 83.7 Å². The number of nitrogens with zero attached hydrogens (tertiary/aromatic N) is 6. The number of cyclic esters (lactones) is 1. The number of benzene rings is 1. The number of ether oxygens (including phenoxy) is 6. The van der Waals surface area contributed by atoms with E-state index in [2.05, 4.69) is 15.0 Å². The van der Waals surface area contributed by atoms with Gasteiger partial charge in [0.25, 0.3) is 11.7 Å². The average Bonchev–Trinajstić information content (AvgIpc) is 1.56. The van der Waals surface area contributed by atoms with Crippen LogP contribution in [0.5, 0.6) is 0 Å². The highest BCUT2D eigenvalue weighted by Gasteiger charge is 2.53. The molecule has 2 bridgehead atoms. The smallest absolute Gasteiger partial charge is 0.329 e. The first-order valence-corrected chi connectivity index (χ1v) is 30.5. The molecule has 21 heteroatoms. The van der Waals surface area contributed by atoms with E-state index in [9.17, 15) is 34.2 Å².